The van der Waals surface area contributed by atoms with Crippen molar-refractivity contribution in [3.05, 3.63) is 28.8 Å². The zero-order chi connectivity index (χ0) is 20.4. The molecule has 2 N–H and O–H groups in total. The van der Waals surface area contributed by atoms with Crippen LogP contribution in [0.2, 0.25) is 0 Å². The number of aromatic hydroxyl groups is 1. The fraction of sp³-hybridized carbons (Fsp3) is 0.750. The Balaban J connectivity index is 0.00000392. The normalized spacial score (nSPS) is 16.9. The number of phenolic OH excluding ortho intramolecular Hbond substituents is 1. The van der Waals surface area contributed by atoms with E-state index in [1.54, 1.807) is 0 Å². The molecule has 1 aromatic carbocycles. The lowest BCUT2D eigenvalue weighted by molar-refractivity contribution is 0.157. The molecule has 0 unspecified atom stereocenters. The van der Waals surface area contributed by atoms with Gasteiger partial charge in [-0.3, -0.25) is 4.90 Å². The molecule has 0 bridgehead atoms. The predicted molar refractivity (Wildman–Crippen MR) is 131 cm³/mol. The van der Waals surface area contributed by atoms with Crippen molar-refractivity contribution < 1.29 is 5.11 Å². The van der Waals surface area contributed by atoms with Gasteiger partial charge in [0.15, 0.2) is 0 Å². The molecule has 1 aliphatic heterocycles. The Bertz CT molecular complexity index is 627. The summed E-state index contributed by atoms with van der Waals surface area (Å²) in [5.41, 5.74) is 3.52. The Morgan fingerprint density at radius 2 is 1.48 bits per heavy atom. The molecule has 5 heteroatoms. The lowest BCUT2D eigenvalue weighted by Crippen LogP contribution is -2.45. The van der Waals surface area contributed by atoms with Gasteiger partial charge in [0.2, 0.25) is 0 Å². The average Bonchev–Trinajstić information content (AvgIpc) is 2.55. The first-order valence-electron chi connectivity index (χ1n) is 10.7. The maximum absolute atomic E-state index is 11.3. The average molecular weight is 448 g/mol. The number of nitrogens with zero attached hydrogens (tertiary/aromatic N) is 1. The summed E-state index contributed by atoms with van der Waals surface area (Å²) in [7, 11) is 0. The zero-order valence-corrected chi connectivity index (χ0v) is 21.4. The second-order valence-electron chi connectivity index (χ2n) is 10.7. The van der Waals surface area contributed by atoms with E-state index in [9.17, 15) is 5.11 Å². The molecule has 0 aliphatic carbocycles. The predicted octanol–water partition coefficient (Wildman–Crippen LogP) is 6.21. The van der Waals surface area contributed by atoms with E-state index >= 15 is 0 Å². The third kappa shape index (κ3) is 7.61. The van der Waals surface area contributed by atoms with Crippen LogP contribution in [0, 0.1) is 5.92 Å². The topological polar surface area (TPSA) is 35.5 Å². The summed E-state index contributed by atoms with van der Waals surface area (Å²) in [4.78, 5) is 2.58. The minimum absolute atomic E-state index is 0. The van der Waals surface area contributed by atoms with Crippen LogP contribution in [-0.4, -0.2) is 36.2 Å². The Kier molecular flexibility index (Phi) is 11.0. The first kappa shape index (κ1) is 28.5. The number of hydrogen-bond donors (Lipinski definition) is 2. The van der Waals surface area contributed by atoms with Crippen molar-refractivity contribution in [1.82, 2.24) is 10.2 Å². The lowest BCUT2D eigenvalue weighted by atomic mass is 9.77. The standard InChI is InChI=1S/C24H42N2O.2ClH/c1-17(2)9-10-21(26-13-11-25-12-14-26)19-15-18(23(3,4)5)16-20(22(19)27)24(6,7)8;;/h15-17,21,25,27H,9-14H2,1-8H3;2*1H/t21-;;/m0../s1. The van der Waals surface area contributed by atoms with E-state index in [1.807, 2.05) is 0 Å². The smallest absolute Gasteiger partial charge is 0.124 e. The minimum Gasteiger partial charge on any atom is -0.507 e. The summed E-state index contributed by atoms with van der Waals surface area (Å²) >= 11 is 0. The van der Waals surface area contributed by atoms with Crippen LogP contribution in [0.5, 0.6) is 5.75 Å². The van der Waals surface area contributed by atoms with Crippen molar-refractivity contribution in [2.24, 2.45) is 5.92 Å². The highest BCUT2D eigenvalue weighted by Gasteiger charge is 2.30. The van der Waals surface area contributed by atoms with Crippen LogP contribution >= 0.6 is 24.8 Å². The van der Waals surface area contributed by atoms with Gasteiger partial charge in [0.1, 0.15) is 5.75 Å². The number of piperazine rings is 1. The van der Waals surface area contributed by atoms with E-state index in [2.05, 4.69) is 77.7 Å². The van der Waals surface area contributed by atoms with Gasteiger partial charge in [0.05, 0.1) is 0 Å². The maximum Gasteiger partial charge on any atom is 0.124 e. The van der Waals surface area contributed by atoms with Gasteiger partial charge in [-0.05, 0) is 46.8 Å². The summed E-state index contributed by atoms with van der Waals surface area (Å²) in [6, 6.07) is 4.81. The zero-order valence-electron chi connectivity index (χ0n) is 19.8. The van der Waals surface area contributed by atoms with Crippen molar-refractivity contribution in [1.29, 1.82) is 0 Å². The van der Waals surface area contributed by atoms with E-state index < -0.39 is 0 Å². The van der Waals surface area contributed by atoms with Crippen molar-refractivity contribution >= 4 is 24.8 Å². The summed E-state index contributed by atoms with van der Waals surface area (Å²) in [6.45, 7) is 22.1. The van der Waals surface area contributed by atoms with Crippen LogP contribution in [0.25, 0.3) is 0 Å². The molecule has 1 heterocycles. The van der Waals surface area contributed by atoms with Crippen LogP contribution in [0.3, 0.4) is 0 Å². The lowest BCUT2D eigenvalue weighted by Gasteiger charge is -2.37. The number of phenols is 1. The summed E-state index contributed by atoms with van der Waals surface area (Å²) in [6.07, 6.45) is 2.28. The van der Waals surface area contributed by atoms with Crippen LogP contribution in [-0.2, 0) is 10.8 Å². The van der Waals surface area contributed by atoms with E-state index in [-0.39, 0.29) is 41.7 Å². The van der Waals surface area contributed by atoms with Gasteiger partial charge < -0.3 is 10.4 Å². The van der Waals surface area contributed by atoms with Gasteiger partial charge in [-0.2, -0.15) is 0 Å². The molecule has 1 aliphatic rings. The molecule has 170 valence electrons. The number of benzene rings is 1. The molecule has 0 aromatic heterocycles. The molecule has 3 nitrogen and oxygen atoms in total. The second kappa shape index (κ2) is 11.2. The Morgan fingerprint density at radius 1 is 0.931 bits per heavy atom. The molecule has 2 rings (SSSR count). The second-order valence-corrected chi connectivity index (χ2v) is 10.7. The van der Waals surface area contributed by atoms with E-state index in [0.717, 1.165) is 43.7 Å². The van der Waals surface area contributed by atoms with E-state index in [4.69, 9.17) is 0 Å². The van der Waals surface area contributed by atoms with Crippen LogP contribution in [0.4, 0.5) is 0 Å². The number of hydrogen-bond acceptors (Lipinski definition) is 3. The van der Waals surface area contributed by atoms with E-state index in [1.165, 1.54) is 12.0 Å². The van der Waals surface area contributed by atoms with Gasteiger partial charge in [-0.25, -0.2) is 0 Å². The molecule has 0 amide bonds. The van der Waals surface area contributed by atoms with Gasteiger partial charge in [-0.1, -0.05) is 61.5 Å². The van der Waals surface area contributed by atoms with Crippen LogP contribution in [0.15, 0.2) is 12.1 Å². The fourth-order valence-electron chi connectivity index (χ4n) is 3.94. The van der Waals surface area contributed by atoms with Crippen molar-refractivity contribution in [2.45, 2.75) is 85.1 Å². The quantitative estimate of drug-likeness (QED) is 0.563. The van der Waals surface area contributed by atoms with Crippen molar-refractivity contribution in [2.75, 3.05) is 26.2 Å². The first-order chi connectivity index (χ1) is 12.4. The largest absolute Gasteiger partial charge is 0.507 e. The highest BCUT2D eigenvalue weighted by molar-refractivity contribution is 5.85. The van der Waals surface area contributed by atoms with Crippen LogP contribution in [0.1, 0.15) is 91.0 Å². The summed E-state index contributed by atoms with van der Waals surface area (Å²) in [5.74, 6) is 1.19. The molecule has 0 saturated carbocycles. The van der Waals surface area contributed by atoms with Gasteiger partial charge in [0, 0.05) is 37.8 Å². The Morgan fingerprint density at radius 3 is 1.93 bits per heavy atom. The summed E-state index contributed by atoms with van der Waals surface area (Å²) < 4.78 is 0. The molecule has 0 spiro atoms. The third-order valence-corrected chi connectivity index (χ3v) is 5.78. The monoisotopic (exact) mass is 446 g/mol. The number of rotatable bonds is 5. The Labute approximate surface area is 191 Å². The van der Waals surface area contributed by atoms with E-state index in [0.29, 0.717) is 11.7 Å². The molecule has 1 saturated heterocycles. The summed E-state index contributed by atoms with van der Waals surface area (Å²) in [5, 5.41) is 14.8. The highest BCUT2D eigenvalue weighted by atomic mass is 35.5. The van der Waals surface area contributed by atoms with Gasteiger partial charge in [0.25, 0.3) is 0 Å². The molecular weight excluding hydrogens is 403 g/mol. The molecule has 0 radical (unpaired) electrons. The third-order valence-electron chi connectivity index (χ3n) is 5.78. The van der Waals surface area contributed by atoms with Gasteiger partial charge >= 0.3 is 0 Å². The Hall–Kier alpha value is -0.480. The highest BCUT2D eigenvalue weighted by Crippen LogP contribution is 2.42. The maximum atomic E-state index is 11.3. The number of nitrogens with one attached hydrogen (secondary N) is 1. The SMILES string of the molecule is CC(C)CC[C@@H](c1cc(C(C)(C)C)cc(C(C)(C)C)c1O)N1CCNCC1.Cl.Cl. The minimum atomic E-state index is -0.0772. The molecule has 1 atom stereocenters. The molecule has 1 fully saturated rings. The first-order valence-corrected chi connectivity index (χ1v) is 10.7. The van der Waals surface area contributed by atoms with Crippen molar-refractivity contribution in [3.63, 3.8) is 0 Å². The molecular formula is C24H44Cl2N2O. The molecule has 29 heavy (non-hydrogen) atoms. The van der Waals surface area contributed by atoms with Crippen LogP contribution < -0.4 is 5.32 Å². The van der Waals surface area contributed by atoms with Crippen molar-refractivity contribution in [3.8, 4) is 5.75 Å². The van der Waals surface area contributed by atoms with Gasteiger partial charge in [-0.15, -0.1) is 24.8 Å². The fourth-order valence-corrected chi connectivity index (χ4v) is 3.94. The molecule has 1 aromatic rings. The number of halogens is 2.